The molecule has 0 atom stereocenters. The van der Waals surface area contributed by atoms with Crippen LogP contribution in [0.15, 0.2) is 60.7 Å². The number of ether oxygens (including phenoxy) is 4. The maximum Gasteiger partial charge on any atom is 0.336 e. The largest absolute Gasteiger partial charge is 0.494 e. The molecule has 2 aromatic carbocycles. The second-order valence-corrected chi connectivity index (χ2v) is 6.73. The Labute approximate surface area is 194 Å². The lowest BCUT2D eigenvalue weighted by atomic mass is 10.2. The van der Waals surface area contributed by atoms with Crippen molar-refractivity contribution in [1.82, 2.24) is 0 Å². The molecule has 170 valence electrons. The molecule has 2 rings (SSSR count). The predicted octanol–water partition coefficient (Wildman–Crippen LogP) is 5.08. The molecule has 6 heteroatoms. The van der Waals surface area contributed by atoms with E-state index in [1.165, 1.54) is 12.8 Å². The molecule has 0 aliphatic carbocycles. The number of rotatable bonds is 11. The Bertz CT molecular complexity index is 1040. The summed E-state index contributed by atoms with van der Waals surface area (Å²) in [6, 6.07) is 13.0. The van der Waals surface area contributed by atoms with Gasteiger partial charge in [0.25, 0.3) is 0 Å². The van der Waals surface area contributed by atoms with Crippen LogP contribution in [0.4, 0.5) is 0 Å². The van der Waals surface area contributed by atoms with Gasteiger partial charge in [-0.05, 0) is 67.8 Å². The van der Waals surface area contributed by atoms with Crippen molar-refractivity contribution in [3.63, 3.8) is 0 Å². The summed E-state index contributed by atoms with van der Waals surface area (Å²) >= 11 is 0. The Morgan fingerprint density at radius 3 is 1.85 bits per heavy atom. The minimum atomic E-state index is -0.717. The van der Waals surface area contributed by atoms with Crippen molar-refractivity contribution in [2.24, 2.45) is 0 Å². The van der Waals surface area contributed by atoms with Gasteiger partial charge >= 0.3 is 11.9 Å². The van der Waals surface area contributed by atoms with Gasteiger partial charge in [0.15, 0.2) is 0 Å². The molecule has 0 fully saturated rings. The molecule has 33 heavy (non-hydrogen) atoms. The summed E-state index contributed by atoms with van der Waals surface area (Å²) < 4.78 is 21.1. The summed E-state index contributed by atoms with van der Waals surface area (Å²) in [6.45, 7) is 4.49. The second-order valence-electron chi connectivity index (χ2n) is 6.73. The van der Waals surface area contributed by atoms with Crippen molar-refractivity contribution in [2.45, 2.75) is 39.5 Å². The molecule has 0 aliphatic rings. The molecule has 0 saturated heterocycles. The zero-order chi connectivity index (χ0) is 23.7. The van der Waals surface area contributed by atoms with E-state index in [0.717, 1.165) is 25.0 Å². The number of unbranched alkanes of at least 4 members (excludes halogenated alkanes) is 3. The number of esters is 2. The van der Waals surface area contributed by atoms with Crippen LogP contribution in [0.25, 0.3) is 0 Å². The van der Waals surface area contributed by atoms with Gasteiger partial charge in [-0.15, -0.1) is 0 Å². The van der Waals surface area contributed by atoms with E-state index in [9.17, 15) is 9.59 Å². The van der Waals surface area contributed by atoms with Gasteiger partial charge in [0.05, 0.1) is 6.61 Å². The molecule has 0 spiro atoms. The molecule has 0 radical (unpaired) electrons. The normalized spacial score (nSPS) is 9.76. The third kappa shape index (κ3) is 10.6. The average molecular weight is 446 g/mol. The highest BCUT2D eigenvalue weighted by Crippen LogP contribution is 2.19. The minimum absolute atomic E-state index is 0.289. The molecule has 0 unspecified atom stereocenters. The topological polar surface area (TPSA) is 71.1 Å². The van der Waals surface area contributed by atoms with Crippen molar-refractivity contribution >= 4 is 11.9 Å². The van der Waals surface area contributed by atoms with Crippen molar-refractivity contribution in [3.05, 3.63) is 60.7 Å². The van der Waals surface area contributed by atoms with E-state index in [4.69, 9.17) is 18.9 Å². The maximum absolute atomic E-state index is 11.9. The number of carbonyl (C=O) groups excluding carboxylic acids is 2. The Balaban J connectivity index is 1.75. The Morgan fingerprint density at radius 1 is 0.758 bits per heavy atom. The van der Waals surface area contributed by atoms with Crippen LogP contribution in [-0.2, 0) is 9.59 Å². The highest BCUT2D eigenvalue weighted by atomic mass is 16.5. The molecule has 0 heterocycles. The van der Waals surface area contributed by atoms with Crippen molar-refractivity contribution in [1.29, 1.82) is 0 Å². The molecule has 0 amide bonds. The highest BCUT2D eigenvalue weighted by molar-refractivity contribution is 5.93. The molecule has 0 aromatic heterocycles. The lowest BCUT2D eigenvalue weighted by Crippen LogP contribution is -2.08. The molecular formula is C27H26O6. The third-order valence-electron chi connectivity index (χ3n) is 4.11. The summed E-state index contributed by atoms with van der Waals surface area (Å²) in [5, 5.41) is 0. The summed E-state index contributed by atoms with van der Waals surface area (Å²) in [5.41, 5.74) is 0. The summed E-state index contributed by atoms with van der Waals surface area (Å²) in [6.07, 6.45) is 8.96. The van der Waals surface area contributed by atoms with Crippen LogP contribution in [0.3, 0.4) is 0 Å². The molecule has 2 aromatic rings. The fourth-order valence-corrected chi connectivity index (χ4v) is 2.51. The second kappa shape index (κ2) is 14.8. The molecule has 6 nitrogen and oxygen atoms in total. The van der Waals surface area contributed by atoms with E-state index < -0.39 is 11.9 Å². The molecule has 0 saturated carbocycles. The standard InChI is InChI=1S/C27H26O6/c1-3-5-7-9-21-31-23-12-16-25(17-13-23)33-27(29)19-18-26(28)32-24-14-10-22(11-15-24)30-20-8-6-4-2/h10-19H,3,5,7,9,21H2,1-2H3/b19-18-. The monoisotopic (exact) mass is 446 g/mol. The number of hydrogen-bond acceptors (Lipinski definition) is 6. The Hall–Kier alpha value is -4.16. The fourth-order valence-electron chi connectivity index (χ4n) is 2.51. The molecule has 0 N–H and O–H groups in total. The van der Waals surface area contributed by atoms with E-state index in [1.807, 2.05) is 0 Å². The highest BCUT2D eigenvalue weighted by Gasteiger charge is 2.05. The average Bonchev–Trinajstić information content (AvgIpc) is 2.82. The van der Waals surface area contributed by atoms with Crippen LogP contribution in [0, 0.1) is 23.9 Å². The molecule has 0 aliphatic heterocycles. The van der Waals surface area contributed by atoms with Gasteiger partial charge in [-0.2, -0.15) is 0 Å². The Kier molecular flexibility index (Phi) is 11.2. The predicted molar refractivity (Wildman–Crippen MR) is 125 cm³/mol. The first-order chi connectivity index (χ1) is 16.1. The summed E-state index contributed by atoms with van der Waals surface area (Å²) in [4.78, 5) is 23.8. The van der Waals surface area contributed by atoms with E-state index in [2.05, 4.69) is 30.8 Å². The van der Waals surface area contributed by atoms with Crippen LogP contribution < -0.4 is 18.9 Å². The zero-order valence-corrected chi connectivity index (χ0v) is 18.8. The van der Waals surface area contributed by atoms with Crippen LogP contribution >= 0.6 is 0 Å². The van der Waals surface area contributed by atoms with Gasteiger partial charge < -0.3 is 18.9 Å². The van der Waals surface area contributed by atoms with Crippen LogP contribution in [0.1, 0.15) is 39.5 Å². The maximum atomic E-state index is 11.9. The summed E-state index contributed by atoms with van der Waals surface area (Å²) in [5.74, 6) is 8.11. The van der Waals surface area contributed by atoms with Gasteiger partial charge in [-0.25, -0.2) is 9.59 Å². The van der Waals surface area contributed by atoms with Gasteiger partial charge in [-0.3, -0.25) is 0 Å². The first kappa shape index (κ1) is 25.1. The number of carbonyl (C=O) groups is 2. The lowest BCUT2D eigenvalue weighted by Gasteiger charge is -2.07. The number of hydrogen-bond donors (Lipinski definition) is 0. The fraction of sp³-hybridized carbons (Fsp3) is 0.259. The third-order valence-corrected chi connectivity index (χ3v) is 4.11. The Morgan fingerprint density at radius 2 is 1.30 bits per heavy atom. The molecule has 0 bridgehead atoms. The van der Waals surface area contributed by atoms with Gasteiger partial charge in [0.1, 0.15) is 29.1 Å². The van der Waals surface area contributed by atoms with Crippen molar-refractivity contribution in [2.75, 3.05) is 6.61 Å². The van der Waals surface area contributed by atoms with Crippen LogP contribution in [0.5, 0.6) is 23.0 Å². The summed E-state index contributed by atoms with van der Waals surface area (Å²) in [7, 11) is 0. The van der Waals surface area contributed by atoms with Crippen LogP contribution in [0.2, 0.25) is 0 Å². The van der Waals surface area contributed by atoms with Gasteiger partial charge in [0.2, 0.25) is 0 Å². The van der Waals surface area contributed by atoms with E-state index in [-0.39, 0.29) is 5.75 Å². The first-order valence-electron chi connectivity index (χ1n) is 10.6. The van der Waals surface area contributed by atoms with Crippen molar-refractivity contribution < 1.29 is 28.5 Å². The quantitative estimate of drug-likeness (QED) is 0.158. The van der Waals surface area contributed by atoms with Crippen LogP contribution in [-0.4, -0.2) is 18.5 Å². The zero-order valence-electron chi connectivity index (χ0n) is 18.8. The SMILES string of the molecule is CC#CC#COc1ccc(OC(=O)/C=C\C(=O)Oc2ccc(OCCCCCC)cc2)cc1. The van der Waals surface area contributed by atoms with E-state index >= 15 is 0 Å². The van der Waals surface area contributed by atoms with Crippen molar-refractivity contribution in [3.8, 4) is 46.9 Å². The lowest BCUT2D eigenvalue weighted by molar-refractivity contribution is -0.131. The minimum Gasteiger partial charge on any atom is -0.494 e. The van der Waals surface area contributed by atoms with Gasteiger partial charge in [0, 0.05) is 18.1 Å². The number of benzene rings is 2. The van der Waals surface area contributed by atoms with E-state index in [0.29, 0.717) is 23.9 Å². The molecular weight excluding hydrogens is 420 g/mol. The van der Waals surface area contributed by atoms with E-state index in [1.54, 1.807) is 55.5 Å². The van der Waals surface area contributed by atoms with Gasteiger partial charge in [-0.1, -0.05) is 32.1 Å². The first-order valence-corrected chi connectivity index (χ1v) is 10.6. The smallest absolute Gasteiger partial charge is 0.336 e.